The topological polar surface area (TPSA) is 52.3 Å². The van der Waals surface area contributed by atoms with E-state index >= 15 is 0 Å². The Morgan fingerprint density at radius 3 is 2.58 bits per heavy atom. The molecule has 1 aliphatic heterocycles. The highest BCUT2D eigenvalue weighted by atomic mass is 16.5. The van der Waals surface area contributed by atoms with Gasteiger partial charge in [-0.05, 0) is 19.3 Å². The van der Waals surface area contributed by atoms with E-state index in [0.717, 1.165) is 19.3 Å². The fourth-order valence-corrected chi connectivity index (χ4v) is 2.66. The second-order valence-corrected chi connectivity index (χ2v) is 3.97. The number of carbonyl (C=O) groups is 1. The van der Waals surface area contributed by atoms with E-state index in [1.807, 2.05) is 0 Å². The van der Waals surface area contributed by atoms with Crippen LogP contribution in [0.3, 0.4) is 0 Å². The fraction of sp³-hybridized carbons (Fsp3) is 0.889. The molecule has 0 aromatic heterocycles. The number of rotatable bonds is 1. The van der Waals surface area contributed by atoms with Crippen LogP contribution in [0.4, 0.5) is 0 Å². The predicted molar refractivity (Wildman–Crippen MR) is 44.5 cm³/mol. The number of carbonyl (C=O) groups excluding carboxylic acids is 1. The molecule has 1 amide bonds. The molecule has 2 fully saturated rings. The molecule has 1 atom stereocenters. The van der Waals surface area contributed by atoms with Crippen LogP contribution in [-0.4, -0.2) is 18.6 Å². The predicted octanol–water partition coefficient (Wildman–Crippen LogP) is 0.821. The number of hydrogen-bond donors (Lipinski definition) is 1. The van der Waals surface area contributed by atoms with Crippen LogP contribution >= 0.6 is 0 Å². The minimum atomic E-state index is -0.292. The molecule has 1 spiro atoms. The molecule has 0 radical (unpaired) electrons. The molecule has 3 heteroatoms. The lowest BCUT2D eigenvalue weighted by Gasteiger charge is -2.26. The summed E-state index contributed by atoms with van der Waals surface area (Å²) in [5.41, 5.74) is 5.42. The molecular formula is C9H15NO2. The second-order valence-electron chi connectivity index (χ2n) is 3.97. The van der Waals surface area contributed by atoms with Gasteiger partial charge in [0, 0.05) is 12.0 Å². The van der Waals surface area contributed by atoms with Gasteiger partial charge >= 0.3 is 0 Å². The quantitative estimate of drug-likeness (QED) is 0.631. The molecule has 2 N–H and O–H groups in total. The summed E-state index contributed by atoms with van der Waals surface area (Å²) in [6.45, 7) is 0.716. The van der Waals surface area contributed by atoms with Crippen molar-refractivity contribution in [3.8, 4) is 0 Å². The maximum Gasteiger partial charge on any atom is 0.247 e. The van der Waals surface area contributed by atoms with E-state index in [0.29, 0.717) is 6.61 Å². The van der Waals surface area contributed by atoms with Crippen molar-refractivity contribution < 1.29 is 9.53 Å². The van der Waals surface area contributed by atoms with E-state index in [4.69, 9.17) is 10.5 Å². The van der Waals surface area contributed by atoms with Gasteiger partial charge in [0.15, 0.2) is 0 Å². The van der Waals surface area contributed by atoms with Crippen molar-refractivity contribution in [1.82, 2.24) is 0 Å². The third kappa shape index (κ3) is 1.04. The lowest BCUT2D eigenvalue weighted by atomic mass is 9.79. The third-order valence-electron chi connectivity index (χ3n) is 3.30. The van der Waals surface area contributed by atoms with E-state index in [1.54, 1.807) is 0 Å². The van der Waals surface area contributed by atoms with Gasteiger partial charge in [-0.1, -0.05) is 12.8 Å². The van der Waals surface area contributed by atoms with E-state index in [-0.39, 0.29) is 17.4 Å². The molecule has 1 saturated carbocycles. The summed E-state index contributed by atoms with van der Waals surface area (Å²) >= 11 is 0. The Balaban J connectivity index is 2.17. The van der Waals surface area contributed by atoms with E-state index in [9.17, 15) is 4.79 Å². The zero-order valence-electron chi connectivity index (χ0n) is 7.21. The molecule has 1 heterocycles. The molecule has 0 aromatic carbocycles. The van der Waals surface area contributed by atoms with Gasteiger partial charge in [-0.25, -0.2) is 0 Å². The summed E-state index contributed by atoms with van der Waals surface area (Å²) in [7, 11) is 0. The number of ether oxygens (including phenoxy) is 1. The van der Waals surface area contributed by atoms with Crippen LogP contribution in [0.5, 0.6) is 0 Å². The maximum absolute atomic E-state index is 11.1. The number of hydrogen-bond acceptors (Lipinski definition) is 2. The van der Waals surface area contributed by atoms with Crippen LogP contribution in [0.2, 0.25) is 0 Å². The minimum absolute atomic E-state index is 0.131. The first-order valence-electron chi connectivity index (χ1n) is 4.66. The molecule has 0 bridgehead atoms. The Morgan fingerprint density at radius 2 is 2.00 bits per heavy atom. The highest BCUT2D eigenvalue weighted by Crippen LogP contribution is 2.48. The van der Waals surface area contributed by atoms with Gasteiger partial charge in [0.2, 0.25) is 5.91 Å². The Kier molecular flexibility index (Phi) is 1.83. The molecule has 68 valence electrons. The maximum atomic E-state index is 11.1. The van der Waals surface area contributed by atoms with Gasteiger partial charge in [0.05, 0.1) is 0 Å². The van der Waals surface area contributed by atoms with Crippen molar-refractivity contribution in [2.75, 3.05) is 6.61 Å². The normalized spacial score (nSPS) is 32.8. The molecule has 1 saturated heterocycles. The SMILES string of the molecule is NC(=O)C1OCCC12CCCC2. The average Bonchev–Trinajstić information content (AvgIpc) is 2.61. The highest BCUT2D eigenvalue weighted by Gasteiger charge is 2.48. The Labute approximate surface area is 72.3 Å². The van der Waals surface area contributed by atoms with Crippen LogP contribution < -0.4 is 5.73 Å². The minimum Gasteiger partial charge on any atom is -0.368 e. The van der Waals surface area contributed by atoms with Crippen molar-refractivity contribution in [1.29, 1.82) is 0 Å². The first-order chi connectivity index (χ1) is 5.75. The van der Waals surface area contributed by atoms with Crippen molar-refractivity contribution in [3.05, 3.63) is 0 Å². The van der Waals surface area contributed by atoms with Crippen LogP contribution in [0.25, 0.3) is 0 Å². The van der Waals surface area contributed by atoms with Gasteiger partial charge in [0.25, 0.3) is 0 Å². The molecule has 1 unspecified atom stereocenters. The zero-order valence-corrected chi connectivity index (χ0v) is 7.21. The van der Waals surface area contributed by atoms with E-state index in [1.165, 1.54) is 12.8 Å². The van der Waals surface area contributed by atoms with Gasteiger partial charge in [-0.2, -0.15) is 0 Å². The average molecular weight is 169 g/mol. The third-order valence-corrected chi connectivity index (χ3v) is 3.30. The van der Waals surface area contributed by atoms with Crippen molar-refractivity contribution in [2.24, 2.45) is 11.1 Å². The summed E-state index contributed by atoms with van der Waals surface area (Å²) in [5.74, 6) is -0.269. The monoisotopic (exact) mass is 169 g/mol. The van der Waals surface area contributed by atoms with Crippen molar-refractivity contribution in [2.45, 2.75) is 38.2 Å². The molecule has 0 aromatic rings. The Bertz CT molecular complexity index is 191. The number of amides is 1. The van der Waals surface area contributed by atoms with Crippen LogP contribution in [0, 0.1) is 5.41 Å². The largest absolute Gasteiger partial charge is 0.368 e. The lowest BCUT2D eigenvalue weighted by Crippen LogP contribution is -2.39. The fourth-order valence-electron chi connectivity index (χ4n) is 2.66. The first kappa shape index (κ1) is 8.05. The second kappa shape index (κ2) is 2.73. The van der Waals surface area contributed by atoms with E-state index < -0.39 is 0 Å². The summed E-state index contributed by atoms with van der Waals surface area (Å²) in [5, 5.41) is 0. The molecule has 1 aliphatic carbocycles. The smallest absolute Gasteiger partial charge is 0.247 e. The molecule has 2 aliphatic rings. The number of primary amides is 1. The van der Waals surface area contributed by atoms with Crippen LogP contribution in [-0.2, 0) is 9.53 Å². The summed E-state index contributed by atoms with van der Waals surface area (Å²) in [4.78, 5) is 11.1. The standard InChI is InChI=1S/C9H15NO2/c10-8(11)7-9(5-6-12-7)3-1-2-4-9/h7H,1-6H2,(H2,10,11). The van der Waals surface area contributed by atoms with Gasteiger partial charge < -0.3 is 10.5 Å². The van der Waals surface area contributed by atoms with Crippen LogP contribution in [0.1, 0.15) is 32.1 Å². The van der Waals surface area contributed by atoms with Crippen LogP contribution in [0.15, 0.2) is 0 Å². The van der Waals surface area contributed by atoms with Crippen molar-refractivity contribution >= 4 is 5.91 Å². The lowest BCUT2D eigenvalue weighted by molar-refractivity contribution is -0.131. The van der Waals surface area contributed by atoms with Gasteiger partial charge in [-0.15, -0.1) is 0 Å². The first-order valence-corrected chi connectivity index (χ1v) is 4.66. The highest BCUT2D eigenvalue weighted by molar-refractivity contribution is 5.80. The zero-order chi connectivity index (χ0) is 8.60. The molecule has 12 heavy (non-hydrogen) atoms. The Morgan fingerprint density at radius 1 is 1.33 bits per heavy atom. The van der Waals surface area contributed by atoms with Gasteiger partial charge in [0.1, 0.15) is 6.10 Å². The van der Waals surface area contributed by atoms with E-state index in [2.05, 4.69) is 0 Å². The summed E-state index contributed by atoms with van der Waals surface area (Å²) in [6.07, 6.45) is 5.45. The molecule has 3 nitrogen and oxygen atoms in total. The summed E-state index contributed by atoms with van der Waals surface area (Å²) in [6, 6.07) is 0. The van der Waals surface area contributed by atoms with Crippen molar-refractivity contribution in [3.63, 3.8) is 0 Å². The number of nitrogens with two attached hydrogens (primary N) is 1. The Hall–Kier alpha value is -0.570. The molecule has 2 rings (SSSR count). The van der Waals surface area contributed by atoms with Gasteiger partial charge in [-0.3, -0.25) is 4.79 Å². The molecular weight excluding hydrogens is 154 g/mol. The summed E-state index contributed by atoms with van der Waals surface area (Å²) < 4.78 is 5.38.